The number of nitrogens with zero attached hydrogens (tertiary/aromatic N) is 11. The first-order valence-electron chi connectivity index (χ1n) is 28.8. The summed E-state index contributed by atoms with van der Waals surface area (Å²) in [7, 11) is 2.18. The maximum Gasteiger partial charge on any atom is 0.293 e. The molecule has 0 bridgehead atoms. The zero-order valence-electron chi connectivity index (χ0n) is 48.5. The zero-order chi connectivity index (χ0) is 57.7. The number of anilines is 3. The number of rotatable bonds is 14. The number of aromatic nitrogens is 7. The summed E-state index contributed by atoms with van der Waals surface area (Å²) in [4.78, 5) is 72.1. The van der Waals surface area contributed by atoms with Crippen molar-refractivity contribution in [1.82, 2.24) is 54.9 Å². The lowest BCUT2D eigenvalue weighted by Crippen LogP contribution is -2.49. The Morgan fingerprint density at radius 3 is 2.12 bits per heavy atom. The lowest BCUT2D eigenvalue weighted by Gasteiger charge is -2.39. The fourth-order valence-corrected chi connectivity index (χ4v) is 10.6. The highest BCUT2D eigenvalue weighted by Crippen LogP contribution is 2.48. The van der Waals surface area contributed by atoms with Crippen LogP contribution in [0.25, 0.3) is 33.8 Å². The van der Waals surface area contributed by atoms with E-state index in [1.54, 1.807) is 9.80 Å². The van der Waals surface area contributed by atoms with Crippen molar-refractivity contribution in [3.05, 3.63) is 53.3 Å². The lowest BCUT2D eigenvalue weighted by molar-refractivity contribution is -0.144. The maximum atomic E-state index is 14.9. The van der Waals surface area contributed by atoms with Crippen molar-refractivity contribution in [3.8, 4) is 22.8 Å². The van der Waals surface area contributed by atoms with Gasteiger partial charge in [0.15, 0.2) is 35.5 Å². The third-order valence-electron chi connectivity index (χ3n) is 15.2. The van der Waals surface area contributed by atoms with Gasteiger partial charge >= 0.3 is 0 Å². The number of ether oxygens (including phenoxy) is 1. The van der Waals surface area contributed by atoms with Gasteiger partial charge in [-0.05, 0) is 122 Å². The molecule has 4 aromatic heterocycles. The van der Waals surface area contributed by atoms with Crippen molar-refractivity contribution >= 4 is 52.4 Å². The highest BCUT2D eigenvalue weighted by molar-refractivity contribution is 6.02. The lowest BCUT2D eigenvalue weighted by atomic mass is 9.89. The second-order valence-corrected chi connectivity index (χ2v) is 22.8. The van der Waals surface area contributed by atoms with Gasteiger partial charge in [0.25, 0.3) is 12.4 Å². The number of carbonyl (C=O) groups is 4. The highest BCUT2D eigenvalue weighted by atomic mass is 19.1. The number of aryl methyl sites for hydroxylation is 1. The molecule has 1 saturated carbocycles. The summed E-state index contributed by atoms with van der Waals surface area (Å²) >= 11 is 0. The average Bonchev–Trinajstić information content (AvgIpc) is 4.10. The minimum Gasteiger partial charge on any atom is -0.458 e. The number of benzene rings is 1. The van der Waals surface area contributed by atoms with Crippen LogP contribution in [-0.4, -0.2) is 152 Å². The third kappa shape index (κ3) is 15.4. The van der Waals surface area contributed by atoms with Crippen molar-refractivity contribution < 1.29 is 37.2 Å². The summed E-state index contributed by atoms with van der Waals surface area (Å²) in [5, 5.41) is 15.2. The molecule has 0 radical (unpaired) electrons. The summed E-state index contributed by atoms with van der Waals surface area (Å²) in [5.41, 5.74) is 11.0. The maximum absolute atomic E-state index is 14.9. The first kappa shape index (κ1) is 61.0. The SMILES string of the molecule is CCC.CCCCC.Cc1nc(-c2c(-c3nn(C(C)(C)C)c4ncnc(N)c34)noc2C2CC2)ncc1C1CCN(C)CC1.O=COCC(=O)N1CCC(CN2CCN(c3c(F)cc(NC4CCC(=O)NC4=O)cc3F)CC2)CC1. The predicted octanol–water partition coefficient (Wildman–Crippen LogP) is 8.60. The fourth-order valence-electron chi connectivity index (χ4n) is 10.6. The van der Waals surface area contributed by atoms with Gasteiger partial charge in [-0.2, -0.15) is 5.10 Å². The average molecular weight is 1110 g/mol. The second-order valence-electron chi connectivity index (χ2n) is 22.8. The molecule has 1 aliphatic carbocycles. The molecule has 3 amide bonds. The number of piperazine rings is 1. The van der Waals surface area contributed by atoms with Gasteiger partial charge in [-0.1, -0.05) is 58.5 Å². The van der Waals surface area contributed by atoms with E-state index in [0.29, 0.717) is 91.1 Å². The fraction of sp³-hybridized carbons (Fsp3) is 0.621. The van der Waals surface area contributed by atoms with Crippen molar-refractivity contribution in [2.75, 3.05) is 88.5 Å². The third-order valence-corrected chi connectivity index (χ3v) is 15.2. The Labute approximate surface area is 469 Å². The first-order chi connectivity index (χ1) is 38.4. The van der Waals surface area contributed by atoms with Gasteiger partial charge in [0.1, 0.15) is 35.3 Å². The van der Waals surface area contributed by atoms with Crippen LogP contribution in [0.3, 0.4) is 0 Å². The number of nitrogen functional groups attached to an aromatic ring is 1. The van der Waals surface area contributed by atoms with E-state index in [1.807, 2.05) is 10.9 Å². The summed E-state index contributed by atoms with van der Waals surface area (Å²) in [6, 6.07) is 1.65. The number of likely N-dealkylation sites (tertiary alicyclic amines) is 2. The number of nitrogens with one attached hydrogen (secondary N) is 2. The molecule has 4 aliphatic heterocycles. The molecule has 0 spiro atoms. The number of fused-ring (bicyclic) bond motifs is 1. The molecule has 1 aromatic carbocycles. The summed E-state index contributed by atoms with van der Waals surface area (Å²) in [6.45, 7) is 23.6. The van der Waals surface area contributed by atoms with Gasteiger partial charge in [0.2, 0.25) is 11.8 Å². The second kappa shape index (κ2) is 28.1. The minimum absolute atomic E-state index is 0.0761. The molecule has 1 unspecified atom stereocenters. The van der Waals surface area contributed by atoms with Crippen LogP contribution in [0.1, 0.15) is 154 Å². The van der Waals surface area contributed by atoms with Crippen LogP contribution < -0.4 is 21.3 Å². The van der Waals surface area contributed by atoms with Crippen LogP contribution in [-0.2, 0) is 29.5 Å². The van der Waals surface area contributed by atoms with Crippen LogP contribution in [0, 0.1) is 24.5 Å². The van der Waals surface area contributed by atoms with Crippen molar-refractivity contribution in [2.45, 2.75) is 156 Å². The normalized spacial score (nSPS) is 18.6. The van der Waals surface area contributed by atoms with Crippen LogP contribution in [0.2, 0.25) is 0 Å². The van der Waals surface area contributed by atoms with Gasteiger partial charge in [-0.25, -0.2) is 33.4 Å². The standard InChI is InChI=1S/C26H33N9O.C24H31F2N5O5.C5H12.C3H8/c1-14-17(15-8-10-34(5)11-9-15)12-28-24(31-14)18-21(33-36-22(18)16-6-7-16)20-19-23(27)29-13-30-25(19)35(32-20)26(2,3)4;25-18-11-17(27-20-1-2-21(33)28-24(20)35)12-19(26)23(18)31-9-7-29(8-10-31)13-16-3-5-30(6-4-16)22(34)14-36-15-32;1-3-5-4-2;1-3-2/h12-13,15-16H,6-11H2,1-5H3,(H2,27,29,30);11-12,15-16,20,27H,1-10,13-14H2,(H,28,33,35);3-5H2,1-2H3;3H2,1-2H3. The Morgan fingerprint density at radius 2 is 1.55 bits per heavy atom. The molecular weight excluding hydrogens is 1030 g/mol. The van der Waals surface area contributed by atoms with Crippen LogP contribution >= 0.6 is 0 Å². The Bertz CT molecular complexity index is 2850. The van der Waals surface area contributed by atoms with E-state index in [1.165, 1.54) is 49.7 Å². The Morgan fingerprint density at radius 1 is 0.887 bits per heavy atom. The largest absolute Gasteiger partial charge is 0.458 e. The number of imide groups is 1. The van der Waals surface area contributed by atoms with Crippen molar-refractivity contribution in [3.63, 3.8) is 0 Å². The molecular formula is C58H84F2N14O6. The zero-order valence-corrected chi connectivity index (χ0v) is 48.5. The van der Waals surface area contributed by atoms with E-state index in [-0.39, 0.29) is 54.6 Å². The monoisotopic (exact) mass is 1110 g/mol. The Hall–Kier alpha value is -6.68. The molecule has 20 nitrogen and oxygen atoms in total. The number of halogens is 2. The van der Waals surface area contributed by atoms with Crippen LogP contribution in [0.5, 0.6) is 0 Å². The number of nitrogens with two attached hydrogens (primary N) is 1. The molecule has 436 valence electrons. The predicted molar refractivity (Wildman–Crippen MR) is 305 cm³/mol. The number of amides is 3. The van der Waals surface area contributed by atoms with Gasteiger partial charge in [0.05, 0.1) is 16.5 Å². The van der Waals surface area contributed by atoms with Gasteiger partial charge < -0.3 is 35.0 Å². The topological polar surface area (TPSA) is 236 Å². The molecule has 1 atom stereocenters. The molecule has 22 heteroatoms. The van der Waals surface area contributed by atoms with E-state index in [4.69, 9.17) is 25.3 Å². The molecule has 5 fully saturated rings. The molecule has 4 saturated heterocycles. The van der Waals surface area contributed by atoms with E-state index < -0.39 is 23.6 Å². The quantitative estimate of drug-likeness (QED) is 0.0697. The van der Waals surface area contributed by atoms with E-state index >= 15 is 0 Å². The van der Waals surface area contributed by atoms with E-state index in [2.05, 4.69) is 103 Å². The molecule has 5 aromatic rings. The molecule has 5 aliphatic rings. The van der Waals surface area contributed by atoms with Gasteiger partial charge in [0, 0.05) is 75.7 Å². The smallest absolute Gasteiger partial charge is 0.293 e. The summed E-state index contributed by atoms with van der Waals surface area (Å²) in [6.07, 6.45) is 15.3. The Kier molecular flexibility index (Phi) is 21.4. The molecule has 4 N–H and O–H groups in total. The van der Waals surface area contributed by atoms with Gasteiger partial charge in [-0.3, -0.25) is 29.4 Å². The van der Waals surface area contributed by atoms with Crippen LogP contribution in [0.15, 0.2) is 29.2 Å². The molecule has 80 heavy (non-hydrogen) atoms. The van der Waals surface area contributed by atoms with Crippen LogP contribution in [0.4, 0.5) is 26.0 Å². The number of hydrogen-bond donors (Lipinski definition) is 3. The summed E-state index contributed by atoms with van der Waals surface area (Å²) in [5.74, 6) is 0.608. The van der Waals surface area contributed by atoms with Gasteiger partial charge in [-0.15, -0.1) is 0 Å². The van der Waals surface area contributed by atoms with Crippen molar-refractivity contribution in [2.24, 2.45) is 5.92 Å². The van der Waals surface area contributed by atoms with E-state index in [9.17, 15) is 28.0 Å². The first-order valence-corrected chi connectivity index (χ1v) is 28.8. The molecule has 8 heterocycles. The summed E-state index contributed by atoms with van der Waals surface area (Å²) < 4.78 is 42.2. The number of piperidine rings is 3. The highest BCUT2D eigenvalue weighted by Gasteiger charge is 2.37. The Balaban J connectivity index is 0.000000204. The number of hydrogen-bond acceptors (Lipinski definition) is 17. The minimum atomic E-state index is -0.717. The van der Waals surface area contributed by atoms with E-state index in [0.717, 1.165) is 75.2 Å². The number of unbranched alkanes of at least 4 members (excludes halogenated alkanes) is 2. The van der Waals surface area contributed by atoms with Crippen molar-refractivity contribution in [1.29, 1.82) is 0 Å². The molecule has 10 rings (SSSR count). The number of carbonyl (C=O) groups excluding carboxylic acids is 4.